The number of rotatable bonds is 3. The van der Waals surface area contributed by atoms with Crippen molar-refractivity contribution in [2.45, 2.75) is 30.1 Å². The summed E-state index contributed by atoms with van der Waals surface area (Å²) >= 11 is 1.70. The van der Waals surface area contributed by atoms with E-state index >= 15 is 0 Å². The Balaban J connectivity index is 2.39. The van der Waals surface area contributed by atoms with Crippen LogP contribution in [-0.4, -0.2) is 17.3 Å². The summed E-state index contributed by atoms with van der Waals surface area (Å²) < 4.78 is 0. The fraction of sp³-hybridized carbons (Fsp3) is 0.417. The first-order chi connectivity index (χ1) is 7.10. The van der Waals surface area contributed by atoms with E-state index in [2.05, 4.69) is 0 Å². The number of carboxylic acid groups (broad SMARTS) is 1. The molecular formula is C12H14O2S. The van der Waals surface area contributed by atoms with Crippen LogP contribution < -0.4 is 0 Å². The highest BCUT2D eigenvalue weighted by molar-refractivity contribution is 7.98. The van der Waals surface area contributed by atoms with Crippen LogP contribution in [-0.2, 0) is 10.2 Å². The van der Waals surface area contributed by atoms with Crippen molar-refractivity contribution in [1.29, 1.82) is 0 Å². The SMILES string of the molecule is CSc1ccc(C2(C(=O)O)CC2)cc1C. The van der Waals surface area contributed by atoms with E-state index in [9.17, 15) is 4.79 Å². The zero-order valence-corrected chi connectivity index (χ0v) is 9.73. The number of carbonyl (C=O) groups is 1. The third-order valence-electron chi connectivity index (χ3n) is 3.11. The van der Waals surface area contributed by atoms with Crippen molar-refractivity contribution in [1.82, 2.24) is 0 Å². The lowest BCUT2D eigenvalue weighted by molar-refractivity contribution is -0.140. The molecule has 1 aromatic carbocycles. The van der Waals surface area contributed by atoms with Crippen molar-refractivity contribution < 1.29 is 9.90 Å². The second-order valence-electron chi connectivity index (χ2n) is 4.07. The molecule has 0 unspecified atom stereocenters. The molecule has 2 nitrogen and oxygen atoms in total. The van der Waals surface area contributed by atoms with Gasteiger partial charge in [-0.25, -0.2) is 0 Å². The molecule has 1 N–H and O–H groups in total. The summed E-state index contributed by atoms with van der Waals surface area (Å²) in [6.45, 7) is 2.03. The van der Waals surface area contributed by atoms with Gasteiger partial charge in [0.2, 0.25) is 0 Å². The van der Waals surface area contributed by atoms with Gasteiger partial charge in [0.25, 0.3) is 0 Å². The minimum atomic E-state index is -0.682. The maximum atomic E-state index is 11.1. The lowest BCUT2D eigenvalue weighted by Gasteiger charge is -2.12. The van der Waals surface area contributed by atoms with Gasteiger partial charge in [-0.05, 0) is 43.2 Å². The topological polar surface area (TPSA) is 37.3 Å². The summed E-state index contributed by atoms with van der Waals surface area (Å²) in [5.74, 6) is -0.682. The predicted octanol–water partition coefficient (Wildman–Crippen LogP) is 2.83. The molecule has 1 aliphatic carbocycles. The van der Waals surface area contributed by atoms with E-state index < -0.39 is 11.4 Å². The number of aliphatic carboxylic acids is 1. The highest BCUT2D eigenvalue weighted by atomic mass is 32.2. The van der Waals surface area contributed by atoms with Gasteiger partial charge in [-0.2, -0.15) is 0 Å². The van der Waals surface area contributed by atoms with Crippen LogP contribution >= 0.6 is 11.8 Å². The van der Waals surface area contributed by atoms with Crippen LogP contribution in [0.25, 0.3) is 0 Å². The van der Waals surface area contributed by atoms with Gasteiger partial charge in [0.1, 0.15) is 0 Å². The first-order valence-electron chi connectivity index (χ1n) is 4.99. The van der Waals surface area contributed by atoms with Crippen molar-refractivity contribution in [3.63, 3.8) is 0 Å². The summed E-state index contributed by atoms with van der Waals surface area (Å²) in [6.07, 6.45) is 3.59. The van der Waals surface area contributed by atoms with E-state index in [4.69, 9.17) is 5.11 Å². The molecular weight excluding hydrogens is 208 g/mol. The molecule has 0 radical (unpaired) electrons. The van der Waals surface area contributed by atoms with Gasteiger partial charge in [-0.3, -0.25) is 4.79 Å². The average Bonchev–Trinajstić information content (AvgIpc) is 2.98. The standard InChI is InChI=1S/C12H14O2S/c1-8-7-9(3-4-10(8)15-2)12(5-6-12)11(13)14/h3-4,7H,5-6H2,1-2H3,(H,13,14). The van der Waals surface area contributed by atoms with Gasteiger partial charge in [-0.1, -0.05) is 12.1 Å². The smallest absolute Gasteiger partial charge is 0.314 e. The fourth-order valence-electron chi connectivity index (χ4n) is 1.93. The summed E-state index contributed by atoms with van der Waals surface area (Å²) in [5, 5.41) is 9.17. The summed E-state index contributed by atoms with van der Waals surface area (Å²) in [7, 11) is 0. The fourth-order valence-corrected chi connectivity index (χ4v) is 2.51. The van der Waals surface area contributed by atoms with E-state index in [0.717, 1.165) is 18.4 Å². The Morgan fingerprint density at radius 3 is 2.53 bits per heavy atom. The van der Waals surface area contributed by atoms with Crippen molar-refractivity contribution in [3.05, 3.63) is 29.3 Å². The Morgan fingerprint density at radius 1 is 1.47 bits per heavy atom. The van der Waals surface area contributed by atoms with E-state index in [1.54, 1.807) is 11.8 Å². The van der Waals surface area contributed by atoms with Crippen molar-refractivity contribution >= 4 is 17.7 Å². The summed E-state index contributed by atoms with van der Waals surface area (Å²) in [4.78, 5) is 12.4. The van der Waals surface area contributed by atoms with Crippen LogP contribution in [0.2, 0.25) is 0 Å². The Bertz CT molecular complexity index is 408. The molecule has 2 rings (SSSR count). The van der Waals surface area contributed by atoms with Gasteiger partial charge in [0, 0.05) is 4.90 Å². The lowest BCUT2D eigenvalue weighted by atomic mass is 9.95. The summed E-state index contributed by atoms with van der Waals surface area (Å²) in [6, 6.07) is 6.01. The summed E-state index contributed by atoms with van der Waals surface area (Å²) in [5.41, 5.74) is 1.57. The van der Waals surface area contributed by atoms with Crippen LogP contribution in [0, 0.1) is 6.92 Å². The van der Waals surface area contributed by atoms with Gasteiger partial charge in [-0.15, -0.1) is 11.8 Å². The zero-order chi connectivity index (χ0) is 11.1. The van der Waals surface area contributed by atoms with Gasteiger partial charge in [0.05, 0.1) is 5.41 Å². The minimum Gasteiger partial charge on any atom is -0.481 e. The second-order valence-corrected chi connectivity index (χ2v) is 4.92. The molecule has 0 heterocycles. The molecule has 1 saturated carbocycles. The van der Waals surface area contributed by atoms with E-state index in [0.29, 0.717) is 0 Å². The molecule has 15 heavy (non-hydrogen) atoms. The molecule has 0 aromatic heterocycles. The third-order valence-corrected chi connectivity index (χ3v) is 4.00. The molecule has 0 atom stereocenters. The predicted molar refractivity (Wildman–Crippen MR) is 61.5 cm³/mol. The number of hydrogen-bond donors (Lipinski definition) is 1. The van der Waals surface area contributed by atoms with Gasteiger partial charge >= 0.3 is 5.97 Å². The largest absolute Gasteiger partial charge is 0.481 e. The highest BCUT2D eigenvalue weighted by Gasteiger charge is 2.51. The lowest BCUT2D eigenvalue weighted by Crippen LogP contribution is -2.19. The first-order valence-corrected chi connectivity index (χ1v) is 6.21. The zero-order valence-electron chi connectivity index (χ0n) is 8.91. The quantitative estimate of drug-likeness (QED) is 0.799. The van der Waals surface area contributed by atoms with Gasteiger partial charge < -0.3 is 5.11 Å². The molecule has 1 aromatic rings. The van der Waals surface area contributed by atoms with Crippen LogP contribution in [0.15, 0.2) is 23.1 Å². The molecule has 3 heteroatoms. The number of hydrogen-bond acceptors (Lipinski definition) is 2. The second kappa shape index (κ2) is 3.56. The Kier molecular flexibility index (Phi) is 2.51. The van der Waals surface area contributed by atoms with Crippen LogP contribution in [0.3, 0.4) is 0 Å². The van der Waals surface area contributed by atoms with E-state index in [1.165, 1.54) is 10.5 Å². The molecule has 0 aliphatic heterocycles. The maximum absolute atomic E-state index is 11.1. The van der Waals surface area contributed by atoms with Crippen molar-refractivity contribution in [2.24, 2.45) is 0 Å². The normalized spacial score (nSPS) is 17.5. The Hall–Kier alpha value is -0.960. The van der Waals surface area contributed by atoms with Crippen LogP contribution in [0.5, 0.6) is 0 Å². The molecule has 0 saturated heterocycles. The Morgan fingerprint density at radius 2 is 2.13 bits per heavy atom. The molecule has 80 valence electrons. The van der Waals surface area contributed by atoms with Crippen LogP contribution in [0.4, 0.5) is 0 Å². The molecule has 1 aliphatic rings. The number of thioether (sulfide) groups is 1. The molecule has 1 fully saturated rings. The molecule has 0 spiro atoms. The number of carboxylic acids is 1. The van der Waals surface area contributed by atoms with Gasteiger partial charge in [0.15, 0.2) is 0 Å². The Labute approximate surface area is 93.7 Å². The highest BCUT2D eigenvalue weighted by Crippen LogP contribution is 2.48. The first kappa shape index (κ1) is 10.6. The molecule has 0 amide bonds. The van der Waals surface area contributed by atoms with Crippen molar-refractivity contribution in [3.8, 4) is 0 Å². The average molecular weight is 222 g/mol. The van der Waals surface area contributed by atoms with E-state index in [-0.39, 0.29) is 0 Å². The number of benzene rings is 1. The minimum absolute atomic E-state index is 0.568. The number of aryl methyl sites for hydroxylation is 1. The monoisotopic (exact) mass is 222 g/mol. The molecule has 0 bridgehead atoms. The maximum Gasteiger partial charge on any atom is 0.314 e. The third kappa shape index (κ3) is 1.65. The van der Waals surface area contributed by atoms with Crippen molar-refractivity contribution in [2.75, 3.05) is 6.26 Å². The van der Waals surface area contributed by atoms with E-state index in [1.807, 2.05) is 31.4 Å². The van der Waals surface area contributed by atoms with Crippen LogP contribution in [0.1, 0.15) is 24.0 Å².